The maximum Gasteiger partial charge on any atom is 0.135 e. The van der Waals surface area contributed by atoms with Crippen molar-refractivity contribution in [2.24, 2.45) is 35.0 Å². The van der Waals surface area contributed by atoms with Gasteiger partial charge in [0.2, 0.25) is 0 Å². The maximum absolute atomic E-state index is 12.5. The molecule has 1 N–H and O–H groups in total. The monoisotopic (exact) mass is 422 g/mol. The molecule has 1 aromatic carbocycles. The number of carbonyl (C=O) groups excluding carboxylic acids is 1. The number of rotatable bonds is 2. The van der Waals surface area contributed by atoms with Crippen LogP contribution in [0.4, 0.5) is 0 Å². The summed E-state index contributed by atoms with van der Waals surface area (Å²) in [6.07, 6.45) is 10.9. The number of hydrogen-bond acceptors (Lipinski definition) is 2. The summed E-state index contributed by atoms with van der Waals surface area (Å²) < 4.78 is 0. The molecule has 0 heterocycles. The Balaban J connectivity index is 1.49. The zero-order valence-corrected chi connectivity index (χ0v) is 20.3. The molecule has 0 aromatic heterocycles. The van der Waals surface area contributed by atoms with Gasteiger partial charge in [-0.15, -0.1) is 0 Å². The minimum atomic E-state index is -0.165. The van der Waals surface area contributed by atoms with Gasteiger partial charge in [0.15, 0.2) is 0 Å². The fraction of sp³-hybridized carbons (Fsp3) is 0.759. The van der Waals surface area contributed by atoms with Crippen LogP contribution in [0.2, 0.25) is 0 Å². The van der Waals surface area contributed by atoms with Crippen molar-refractivity contribution in [2.75, 3.05) is 0 Å². The predicted octanol–water partition coefficient (Wildman–Crippen LogP) is 7.17. The fourth-order valence-electron chi connectivity index (χ4n) is 8.88. The highest BCUT2D eigenvalue weighted by atomic mass is 16.3. The molecule has 0 radical (unpaired) electrons. The van der Waals surface area contributed by atoms with E-state index in [9.17, 15) is 9.90 Å². The van der Waals surface area contributed by atoms with Gasteiger partial charge < -0.3 is 5.11 Å². The van der Waals surface area contributed by atoms with E-state index in [-0.39, 0.29) is 10.8 Å². The summed E-state index contributed by atoms with van der Waals surface area (Å²) in [6, 6.07) is 4.57. The molecule has 2 nitrogen and oxygen atoms in total. The molecule has 0 saturated heterocycles. The van der Waals surface area contributed by atoms with Crippen molar-refractivity contribution in [3.05, 3.63) is 28.8 Å². The second-order valence-corrected chi connectivity index (χ2v) is 12.7. The van der Waals surface area contributed by atoms with Gasteiger partial charge in [-0.2, -0.15) is 0 Å². The van der Waals surface area contributed by atoms with Crippen molar-refractivity contribution < 1.29 is 9.90 Å². The van der Waals surface area contributed by atoms with Gasteiger partial charge in [-0.3, -0.25) is 4.79 Å². The molecule has 31 heavy (non-hydrogen) atoms. The molecule has 1 aromatic rings. The first-order valence-electron chi connectivity index (χ1n) is 13.0. The summed E-state index contributed by atoms with van der Waals surface area (Å²) in [4.78, 5) is 12.5. The Hall–Kier alpha value is -1.31. The molecule has 2 bridgehead atoms. The second-order valence-electron chi connectivity index (χ2n) is 12.7. The number of carbonyl (C=O) groups is 1. The van der Waals surface area contributed by atoms with Gasteiger partial charge in [0.1, 0.15) is 11.5 Å². The van der Waals surface area contributed by atoms with Crippen molar-refractivity contribution in [3.63, 3.8) is 0 Å². The molecular formula is C29H42O2. The van der Waals surface area contributed by atoms with E-state index in [2.05, 4.69) is 39.8 Å². The molecule has 2 heteroatoms. The van der Waals surface area contributed by atoms with E-state index in [4.69, 9.17) is 0 Å². The highest BCUT2D eigenvalue weighted by molar-refractivity contribution is 5.82. The summed E-state index contributed by atoms with van der Waals surface area (Å²) in [6.45, 7) is 11.2. The lowest BCUT2D eigenvalue weighted by Gasteiger charge is -2.50. The van der Waals surface area contributed by atoms with Crippen molar-refractivity contribution >= 4 is 5.78 Å². The number of fused-ring (bicyclic) bond motifs is 5. The SMILES string of the molecule is CC(=O)[C@@]1(C)CCC2c3cc(C4(C)CC5CC(C)CC(C5)C4)c(O)cc3CCC2C1C. The van der Waals surface area contributed by atoms with E-state index < -0.39 is 0 Å². The van der Waals surface area contributed by atoms with Gasteiger partial charge in [-0.25, -0.2) is 0 Å². The molecule has 4 aliphatic carbocycles. The van der Waals surface area contributed by atoms with E-state index in [1.165, 1.54) is 48.8 Å². The van der Waals surface area contributed by atoms with Crippen LogP contribution in [0.25, 0.3) is 0 Å². The minimum Gasteiger partial charge on any atom is -0.508 e. The largest absolute Gasteiger partial charge is 0.508 e. The third-order valence-electron chi connectivity index (χ3n) is 10.6. The third-order valence-corrected chi connectivity index (χ3v) is 10.6. The maximum atomic E-state index is 12.5. The number of benzene rings is 1. The summed E-state index contributed by atoms with van der Waals surface area (Å²) in [5, 5.41) is 11.2. The van der Waals surface area contributed by atoms with Crippen LogP contribution >= 0.6 is 0 Å². The molecule has 0 spiro atoms. The van der Waals surface area contributed by atoms with Gasteiger partial charge in [-0.05, 0) is 123 Å². The van der Waals surface area contributed by atoms with Crippen LogP contribution in [0.3, 0.4) is 0 Å². The number of phenols is 1. The Kier molecular flexibility index (Phi) is 5.11. The number of phenolic OH excluding ortho intramolecular Hbond substituents is 1. The highest BCUT2D eigenvalue weighted by Gasteiger charge is 2.49. The van der Waals surface area contributed by atoms with Gasteiger partial charge >= 0.3 is 0 Å². The molecule has 6 atom stereocenters. The first kappa shape index (κ1) is 21.5. The van der Waals surface area contributed by atoms with Gasteiger partial charge in [0.05, 0.1) is 0 Å². The topological polar surface area (TPSA) is 37.3 Å². The summed E-state index contributed by atoms with van der Waals surface area (Å²) in [5.41, 5.74) is 4.04. The first-order chi connectivity index (χ1) is 14.6. The van der Waals surface area contributed by atoms with Crippen LogP contribution < -0.4 is 0 Å². The van der Waals surface area contributed by atoms with Crippen LogP contribution in [-0.4, -0.2) is 10.9 Å². The highest BCUT2D eigenvalue weighted by Crippen LogP contribution is 2.57. The molecule has 3 saturated carbocycles. The lowest BCUT2D eigenvalue weighted by Crippen LogP contribution is -2.45. The molecule has 5 rings (SSSR count). The van der Waals surface area contributed by atoms with Crippen LogP contribution in [0.15, 0.2) is 12.1 Å². The summed E-state index contributed by atoms with van der Waals surface area (Å²) in [7, 11) is 0. The number of aryl methyl sites for hydroxylation is 1. The van der Waals surface area contributed by atoms with E-state index in [1.807, 2.05) is 0 Å². The first-order valence-corrected chi connectivity index (χ1v) is 13.0. The molecule has 5 unspecified atom stereocenters. The normalized spacial score (nSPS) is 44.3. The van der Waals surface area contributed by atoms with Gasteiger partial charge in [0, 0.05) is 11.0 Å². The lowest BCUT2D eigenvalue weighted by molar-refractivity contribution is -0.132. The molecule has 0 amide bonds. The fourth-order valence-corrected chi connectivity index (χ4v) is 8.88. The van der Waals surface area contributed by atoms with Gasteiger partial charge in [0.25, 0.3) is 0 Å². The van der Waals surface area contributed by atoms with Crippen molar-refractivity contribution in [3.8, 4) is 5.75 Å². The zero-order chi connectivity index (χ0) is 22.1. The number of aromatic hydroxyl groups is 1. The second kappa shape index (κ2) is 7.35. The van der Waals surface area contributed by atoms with E-state index in [1.54, 1.807) is 6.92 Å². The number of ketones is 1. The van der Waals surface area contributed by atoms with E-state index in [0.717, 1.165) is 43.4 Å². The number of hydrogen-bond donors (Lipinski definition) is 1. The standard InChI is InChI=1S/C29H42O2/c1-17-10-20-12-21(11-17)16-28(4,15-20)26-14-25-22(13-27(26)31)6-7-23-18(2)29(5,19(3)30)9-8-24(23)25/h13-14,17-18,20-21,23-24,31H,6-12,15-16H2,1-5H3/t17?,18?,20?,21?,23?,24?,28?,29-/m0/s1. The van der Waals surface area contributed by atoms with Gasteiger partial charge in [-0.1, -0.05) is 33.8 Å². The molecule has 170 valence electrons. The Bertz CT molecular complexity index is 867. The van der Waals surface area contributed by atoms with E-state index >= 15 is 0 Å². The Morgan fingerprint density at radius 2 is 1.71 bits per heavy atom. The van der Waals surface area contributed by atoms with Crippen LogP contribution in [0.1, 0.15) is 109 Å². The molecule has 0 aliphatic heterocycles. The zero-order valence-electron chi connectivity index (χ0n) is 20.3. The Morgan fingerprint density at radius 1 is 1.03 bits per heavy atom. The summed E-state index contributed by atoms with van der Waals surface area (Å²) in [5.74, 6) is 4.99. The molecule has 3 fully saturated rings. The smallest absolute Gasteiger partial charge is 0.135 e. The van der Waals surface area contributed by atoms with E-state index in [0.29, 0.717) is 29.3 Å². The van der Waals surface area contributed by atoms with Crippen molar-refractivity contribution in [1.82, 2.24) is 0 Å². The quantitative estimate of drug-likeness (QED) is 0.548. The summed E-state index contributed by atoms with van der Waals surface area (Å²) >= 11 is 0. The van der Waals surface area contributed by atoms with Crippen molar-refractivity contribution in [1.29, 1.82) is 0 Å². The Labute approximate surface area is 189 Å². The molecule has 4 aliphatic rings. The number of Topliss-reactive ketones (excluding diaryl/α,β-unsaturated/α-hetero) is 1. The average molecular weight is 423 g/mol. The lowest BCUT2D eigenvalue weighted by atomic mass is 9.53. The van der Waals surface area contributed by atoms with Crippen LogP contribution in [-0.2, 0) is 16.6 Å². The van der Waals surface area contributed by atoms with Crippen LogP contribution in [0, 0.1) is 35.0 Å². The minimum absolute atomic E-state index is 0.105. The predicted molar refractivity (Wildman–Crippen MR) is 126 cm³/mol. The Morgan fingerprint density at radius 3 is 2.35 bits per heavy atom. The van der Waals surface area contributed by atoms with Crippen LogP contribution in [0.5, 0.6) is 5.75 Å². The third kappa shape index (κ3) is 3.39. The average Bonchev–Trinajstić information content (AvgIpc) is 2.68. The van der Waals surface area contributed by atoms with Crippen molar-refractivity contribution in [2.45, 2.75) is 104 Å². The molecular weight excluding hydrogens is 380 g/mol.